The van der Waals surface area contributed by atoms with Gasteiger partial charge in [-0.3, -0.25) is 0 Å². The van der Waals surface area contributed by atoms with E-state index in [2.05, 4.69) is 546 Å². The zero-order valence-electron chi connectivity index (χ0n) is 75.0. The standard InChI is InChI=1S/2C48H32.C40H26/c1-3-13-33(14-4-1)35-25-27-36(28-26-35)38-18-11-19-40(31-38)47-41-20-7-9-22-43(41)48(44-23-10-8-21-42(44)47)45-24-12-17-37-29-30-39(32-46(37)45)34-15-5-2-6-16-34;1-3-14-33(15-4-1)35-26-28-37(29-27-35)39-19-7-8-20-40(39)47-41-21-9-11-23-43(41)48(44-24-12-10-22-42(44)47)45-25-13-18-36-30-31-38(32-46(36)45)34-16-5-2-6-17-34;1-2-11-27(12-3-1)31-23-22-29-15-10-20-37(38(29)26-31)40-35-18-8-6-16-33(35)39(34-17-7-9-19-36(34)40)32-24-21-28-13-4-5-14-30(28)25-32/h2*1-32H;1-26H. The number of hydrogen-bond donors (Lipinski definition) is 0. The first-order valence-electron chi connectivity index (χ1n) is 47.1. The summed E-state index contributed by atoms with van der Waals surface area (Å²) >= 11 is 0. The molecule has 634 valence electrons. The Bertz CT molecular complexity index is 8860. The Balaban J connectivity index is 0.000000112. The number of hydrogen-bond acceptors (Lipinski definition) is 0. The molecular formula is C136H90. The zero-order valence-corrected chi connectivity index (χ0v) is 75.0. The zero-order chi connectivity index (χ0) is 90.2. The van der Waals surface area contributed by atoms with E-state index >= 15 is 0 Å². The van der Waals surface area contributed by atoms with Crippen molar-refractivity contribution in [3.8, 4) is 145 Å². The molecule has 0 saturated carbocycles. The quantitative estimate of drug-likeness (QED) is 0.101. The van der Waals surface area contributed by atoms with Crippen LogP contribution < -0.4 is 0 Å². The van der Waals surface area contributed by atoms with Crippen molar-refractivity contribution in [2.75, 3.05) is 0 Å². The van der Waals surface area contributed by atoms with Gasteiger partial charge < -0.3 is 0 Å². The van der Waals surface area contributed by atoms with E-state index in [1.807, 2.05) is 0 Å². The summed E-state index contributed by atoms with van der Waals surface area (Å²) in [6.45, 7) is 0. The van der Waals surface area contributed by atoms with Crippen LogP contribution in [0.25, 0.3) is 252 Å². The third kappa shape index (κ3) is 15.3. The van der Waals surface area contributed by atoms with E-state index in [4.69, 9.17) is 0 Å². The van der Waals surface area contributed by atoms with Gasteiger partial charge in [-0.05, 0) is 283 Å². The summed E-state index contributed by atoms with van der Waals surface area (Å²) in [5.74, 6) is 0. The summed E-state index contributed by atoms with van der Waals surface area (Å²) in [6.07, 6.45) is 0. The number of benzene rings is 26. The topological polar surface area (TPSA) is 0 Å². The minimum absolute atomic E-state index is 1.21. The minimum atomic E-state index is 1.21. The maximum absolute atomic E-state index is 2.37. The Hall–Kier alpha value is -17.7. The van der Waals surface area contributed by atoms with E-state index in [1.165, 1.54) is 252 Å². The van der Waals surface area contributed by atoms with Crippen LogP contribution in [0, 0.1) is 0 Å². The van der Waals surface area contributed by atoms with Gasteiger partial charge >= 0.3 is 0 Å². The van der Waals surface area contributed by atoms with Crippen LogP contribution >= 0.6 is 0 Å². The minimum Gasteiger partial charge on any atom is -0.0622 e. The summed E-state index contributed by atoms with van der Waals surface area (Å²) < 4.78 is 0. The lowest BCUT2D eigenvalue weighted by Gasteiger charge is -2.20. The largest absolute Gasteiger partial charge is 0.0622 e. The second-order valence-corrected chi connectivity index (χ2v) is 35.4. The van der Waals surface area contributed by atoms with Crippen molar-refractivity contribution in [3.63, 3.8) is 0 Å². The van der Waals surface area contributed by atoms with Crippen molar-refractivity contribution in [3.05, 3.63) is 546 Å². The molecule has 0 heteroatoms. The van der Waals surface area contributed by atoms with Gasteiger partial charge in [0.2, 0.25) is 0 Å². The molecule has 0 spiro atoms. The fourth-order valence-corrected chi connectivity index (χ4v) is 21.2. The smallest absolute Gasteiger partial charge is 0.00201 e. The van der Waals surface area contributed by atoms with Crippen LogP contribution in [-0.4, -0.2) is 0 Å². The molecule has 0 aliphatic rings. The molecule has 0 unspecified atom stereocenters. The molecule has 0 heterocycles. The maximum atomic E-state index is 2.37. The molecule has 26 aromatic rings. The molecule has 0 atom stereocenters. The van der Waals surface area contributed by atoms with Crippen LogP contribution in [-0.2, 0) is 0 Å². The van der Waals surface area contributed by atoms with Gasteiger partial charge in [0.15, 0.2) is 0 Å². The van der Waals surface area contributed by atoms with Gasteiger partial charge in [0.25, 0.3) is 0 Å². The van der Waals surface area contributed by atoms with Crippen molar-refractivity contribution in [2.45, 2.75) is 0 Å². The molecule has 26 rings (SSSR count). The number of fused-ring (bicyclic) bond motifs is 10. The van der Waals surface area contributed by atoms with Gasteiger partial charge in [-0.1, -0.05) is 516 Å². The Morgan fingerprint density at radius 2 is 0.265 bits per heavy atom. The highest BCUT2D eigenvalue weighted by Gasteiger charge is 2.25. The normalized spacial score (nSPS) is 11.4. The summed E-state index contributed by atoms with van der Waals surface area (Å²) in [5.41, 5.74) is 32.4. The molecule has 136 heavy (non-hydrogen) atoms. The predicted octanol–water partition coefficient (Wildman–Crippen LogP) is 38.3. The highest BCUT2D eigenvalue weighted by Crippen LogP contribution is 2.52. The molecule has 0 aliphatic carbocycles. The van der Waals surface area contributed by atoms with E-state index in [-0.39, 0.29) is 0 Å². The van der Waals surface area contributed by atoms with Gasteiger partial charge in [-0.25, -0.2) is 0 Å². The predicted molar refractivity (Wildman–Crippen MR) is 585 cm³/mol. The van der Waals surface area contributed by atoms with Crippen LogP contribution in [0.2, 0.25) is 0 Å². The lowest BCUT2D eigenvalue weighted by Crippen LogP contribution is -1.93. The van der Waals surface area contributed by atoms with E-state index in [0.29, 0.717) is 0 Å². The Kier molecular flexibility index (Phi) is 21.5. The van der Waals surface area contributed by atoms with Gasteiger partial charge in [0.1, 0.15) is 0 Å². The summed E-state index contributed by atoms with van der Waals surface area (Å²) in [4.78, 5) is 0. The van der Waals surface area contributed by atoms with E-state index in [0.717, 1.165) is 0 Å². The highest BCUT2D eigenvalue weighted by molar-refractivity contribution is 6.28. The molecule has 0 aromatic heterocycles. The molecule has 0 nitrogen and oxygen atoms in total. The highest BCUT2D eigenvalue weighted by atomic mass is 14.3. The lowest BCUT2D eigenvalue weighted by atomic mass is 9.82. The van der Waals surface area contributed by atoms with Gasteiger partial charge in [0, 0.05) is 0 Å². The fraction of sp³-hybridized carbons (Fsp3) is 0. The lowest BCUT2D eigenvalue weighted by molar-refractivity contribution is 1.58. The average Bonchev–Trinajstić information content (AvgIpc) is 0.674. The first-order chi connectivity index (χ1) is 67.5. The van der Waals surface area contributed by atoms with Crippen molar-refractivity contribution >= 4 is 108 Å². The van der Waals surface area contributed by atoms with Crippen LogP contribution in [0.3, 0.4) is 0 Å². The fourth-order valence-electron chi connectivity index (χ4n) is 21.2. The van der Waals surface area contributed by atoms with Crippen molar-refractivity contribution < 1.29 is 0 Å². The molecule has 26 aromatic carbocycles. The average molecular weight is 1720 g/mol. The molecule has 0 radical (unpaired) electrons. The van der Waals surface area contributed by atoms with Gasteiger partial charge in [-0.2, -0.15) is 0 Å². The molecule has 0 amide bonds. The molecule has 0 saturated heterocycles. The molecule has 0 aliphatic heterocycles. The molecular weight excluding hydrogens is 1630 g/mol. The van der Waals surface area contributed by atoms with Crippen molar-refractivity contribution in [1.82, 2.24) is 0 Å². The monoisotopic (exact) mass is 1720 g/mol. The van der Waals surface area contributed by atoms with Crippen molar-refractivity contribution in [1.29, 1.82) is 0 Å². The van der Waals surface area contributed by atoms with Crippen LogP contribution in [0.5, 0.6) is 0 Å². The van der Waals surface area contributed by atoms with Crippen LogP contribution in [0.1, 0.15) is 0 Å². The Morgan fingerprint density at radius 1 is 0.0735 bits per heavy atom. The van der Waals surface area contributed by atoms with Crippen molar-refractivity contribution in [2.24, 2.45) is 0 Å². The molecule has 0 fully saturated rings. The number of rotatable bonds is 13. The summed E-state index contributed by atoms with van der Waals surface area (Å²) in [6, 6.07) is 199. The van der Waals surface area contributed by atoms with E-state index < -0.39 is 0 Å². The van der Waals surface area contributed by atoms with E-state index in [9.17, 15) is 0 Å². The van der Waals surface area contributed by atoms with Gasteiger partial charge in [-0.15, -0.1) is 0 Å². The second-order valence-electron chi connectivity index (χ2n) is 35.4. The van der Waals surface area contributed by atoms with E-state index in [1.54, 1.807) is 0 Å². The second kappa shape index (κ2) is 35.9. The first kappa shape index (κ1) is 81.5. The third-order valence-corrected chi connectivity index (χ3v) is 27.6. The summed E-state index contributed by atoms with van der Waals surface area (Å²) in [7, 11) is 0. The third-order valence-electron chi connectivity index (χ3n) is 27.6. The first-order valence-corrected chi connectivity index (χ1v) is 47.1. The molecule has 0 bridgehead atoms. The Labute approximate surface area is 792 Å². The van der Waals surface area contributed by atoms with Crippen LogP contribution in [0.4, 0.5) is 0 Å². The summed E-state index contributed by atoms with van der Waals surface area (Å²) in [5, 5.41) is 25.3. The Morgan fingerprint density at radius 3 is 0.610 bits per heavy atom. The maximum Gasteiger partial charge on any atom is -0.00201 e. The van der Waals surface area contributed by atoms with Gasteiger partial charge in [0.05, 0.1) is 0 Å². The SMILES string of the molecule is c1ccc(-c2ccc(-c3cccc(-c4c5ccccc5c(-c5cccc6ccc(-c7ccccc7)cc56)c5ccccc45)c3)cc2)cc1.c1ccc(-c2ccc(-c3ccccc3-c3c4ccccc4c(-c4cccc5ccc(-c6ccccc6)cc45)c4ccccc34)cc2)cc1.c1ccc(-c2ccc3cccc(-c4c5ccccc5c(-c5ccc6ccccc6c5)c5ccccc45)c3c2)cc1. The molecule has 0 N–H and O–H groups in total. The van der Waals surface area contributed by atoms with Crippen LogP contribution in [0.15, 0.2) is 546 Å².